The molecule has 6 rings (SSSR count). The van der Waals surface area contributed by atoms with Gasteiger partial charge in [-0.3, -0.25) is 24.0 Å². The summed E-state index contributed by atoms with van der Waals surface area (Å²) in [6.07, 6.45) is 5.34. The van der Waals surface area contributed by atoms with E-state index >= 15 is 0 Å². The number of aromatic nitrogens is 2. The third-order valence-corrected chi connectivity index (χ3v) is 12.9. The minimum Gasteiger partial charge on any atom is -0.471 e. The molecule has 3 N–H and O–H groups in total. The van der Waals surface area contributed by atoms with E-state index < -0.39 is 79.6 Å². The highest BCUT2D eigenvalue weighted by atomic mass is 32.2. The number of carboxylic acid groups (broad SMARTS) is 1. The van der Waals surface area contributed by atoms with E-state index in [0.29, 0.717) is 43.3 Å². The molecule has 0 radical (unpaired) electrons. The molecule has 1 aromatic heterocycles. The molecule has 52 heavy (non-hydrogen) atoms. The summed E-state index contributed by atoms with van der Waals surface area (Å²) < 4.78 is 48.3. The first-order valence-electron chi connectivity index (χ1n) is 17.8. The molecule has 16 heteroatoms. The molecule has 0 spiro atoms. The molecule has 0 bridgehead atoms. The second kappa shape index (κ2) is 13.6. The number of hydrogen-bond donors (Lipinski definition) is 3. The van der Waals surface area contributed by atoms with Crippen LogP contribution < -0.4 is 14.8 Å². The number of rotatable bonds is 6. The van der Waals surface area contributed by atoms with Crippen molar-refractivity contribution in [1.29, 1.82) is 0 Å². The molecule has 3 heterocycles. The zero-order valence-electron chi connectivity index (χ0n) is 30.1. The average Bonchev–Trinajstić information content (AvgIpc) is 3.93. The van der Waals surface area contributed by atoms with E-state index in [1.165, 1.54) is 17.0 Å². The van der Waals surface area contributed by atoms with E-state index in [0.717, 1.165) is 11.3 Å². The number of nitrogens with zero attached hydrogens (tertiary/aromatic N) is 4. The fraction of sp³-hybridized carbons (Fsp3) is 0.611. The topological polar surface area (TPSA) is 188 Å². The standard InChI is InChI=1S/C36H47FN6O8S/c1-21-30(39-28-24(37)13-11-14-25(28)38-21)51-23-18-27-29(44)40-36(32(46)41-52(49,50)35(5)16-17-35)19-22(36)12-9-7-6-8-10-15-26(31(45)42(27)20-23)43(33(47)48)34(2,3)4/h9,11-14,22-23,26-27H,6-8,10,15-20H2,1-5H3,(H,40,44)(H,41,46)(H,47,48)/t22-,23-,26+,27+,36-/m1/s1. The van der Waals surface area contributed by atoms with Crippen molar-refractivity contribution in [1.82, 2.24) is 29.8 Å². The number of fused-ring (bicyclic) bond motifs is 3. The third-order valence-electron chi connectivity index (χ3n) is 10.7. The number of ether oxygens (including phenoxy) is 1. The van der Waals surface area contributed by atoms with Crippen molar-refractivity contribution in [3.05, 3.63) is 41.9 Å². The first kappa shape index (κ1) is 37.4. The quantitative estimate of drug-likeness (QED) is 0.366. The first-order chi connectivity index (χ1) is 24.4. The summed E-state index contributed by atoms with van der Waals surface area (Å²) in [4.78, 5) is 66.7. The summed E-state index contributed by atoms with van der Waals surface area (Å²) in [5.41, 5.74) is -1.88. The van der Waals surface area contributed by atoms with E-state index in [9.17, 15) is 37.1 Å². The van der Waals surface area contributed by atoms with Crippen LogP contribution in [0.5, 0.6) is 5.88 Å². The van der Waals surface area contributed by atoms with E-state index in [1.54, 1.807) is 40.7 Å². The minimum absolute atomic E-state index is 0.0112. The molecule has 4 aliphatic rings. The highest BCUT2D eigenvalue weighted by Gasteiger charge is 2.63. The van der Waals surface area contributed by atoms with Crippen molar-refractivity contribution < 1.29 is 41.8 Å². The SMILES string of the molecule is Cc1nc2cccc(F)c2nc1O[C@@H]1C[C@H]2C(=O)N[C@]3(C(=O)NS(=O)(=O)C4(C)CC4)C[C@H]3C=CCCCCC[C@H](N(C(=O)O)C(C)(C)C)C(=O)N2C1. The zero-order valence-corrected chi connectivity index (χ0v) is 31.0. The van der Waals surface area contributed by atoms with Gasteiger partial charge < -0.3 is 20.1 Å². The molecule has 2 aliphatic heterocycles. The largest absolute Gasteiger partial charge is 0.471 e. The van der Waals surface area contributed by atoms with Crippen LogP contribution in [-0.2, 0) is 24.4 Å². The number of halogens is 1. The number of para-hydroxylation sites is 1. The third kappa shape index (κ3) is 7.18. The lowest BCUT2D eigenvalue weighted by atomic mass is 9.98. The summed E-state index contributed by atoms with van der Waals surface area (Å²) in [5, 5.41) is 13.2. The Kier molecular flexibility index (Phi) is 9.77. The Morgan fingerprint density at radius 3 is 2.56 bits per heavy atom. The summed E-state index contributed by atoms with van der Waals surface area (Å²) in [7, 11) is -4.02. The van der Waals surface area contributed by atoms with Crippen LogP contribution in [0.2, 0.25) is 0 Å². The molecule has 2 aromatic rings. The summed E-state index contributed by atoms with van der Waals surface area (Å²) >= 11 is 0. The number of nitrogens with one attached hydrogen (secondary N) is 2. The Morgan fingerprint density at radius 1 is 1.15 bits per heavy atom. The molecule has 14 nitrogen and oxygen atoms in total. The van der Waals surface area contributed by atoms with Gasteiger partial charge in [0.2, 0.25) is 27.7 Å². The molecule has 1 aromatic carbocycles. The second-order valence-electron chi connectivity index (χ2n) is 15.8. The molecular formula is C36H47FN6O8S. The van der Waals surface area contributed by atoms with Crippen molar-refractivity contribution in [3.63, 3.8) is 0 Å². The van der Waals surface area contributed by atoms with E-state index in [4.69, 9.17) is 4.74 Å². The van der Waals surface area contributed by atoms with Crippen molar-refractivity contribution >= 4 is 44.9 Å². The molecule has 0 unspecified atom stereocenters. The number of hydrogen-bond acceptors (Lipinski definition) is 9. The Bertz CT molecular complexity index is 1930. The molecule has 3 fully saturated rings. The van der Waals surface area contributed by atoms with Crippen LogP contribution in [0.3, 0.4) is 0 Å². The predicted molar refractivity (Wildman–Crippen MR) is 188 cm³/mol. The Labute approximate surface area is 302 Å². The number of allylic oxidation sites excluding steroid dienone is 1. The van der Waals surface area contributed by atoms with Gasteiger partial charge in [-0.05, 0) is 85.3 Å². The van der Waals surface area contributed by atoms with Crippen molar-refractivity contribution in [2.45, 2.75) is 126 Å². The molecule has 282 valence electrons. The Morgan fingerprint density at radius 2 is 1.88 bits per heavy atom. The number of carbonyl (C=O) groups is 4. The van der Waals surface area contributed by atoms with Gasteiger partial charge in [0, 0.05) is 17.9 Å². The number of aryl methyl sites for hydroxylation is 1. The van der Waals surface area contributed by atoms with Crippen molar-refractivity contribution in [2.24, 2.45) is 5.92 Å². The van der Waals surface area contributed by atoms with Crippen LogP contribution in [0.25, 0.3) is 11.0 Å². The van der Waals surface area contributed by atoms with Gasteiger partial charge in [-0.15, -0.1) is 0 Å². The Balaban J connectivity index is 1.36. The summed E-state index contributed by atoms with van der Waals surface area (Å²) in [6.45, 7) is 8.15. The lowest BCUT2D eigenvalue weighted by Crippen LogP contribution is -2.61. The van der Waals surface area contributed by atoms with Gasteiger partial charge in [0.05, 0.1) is 16.8 Å². The van der Waals surface area contributed by atoms with E-state index in [-0.39, 0.29) is 37.2 Å². The van der Waals surface area contributed by atoms with Gasteiger partial charge in [-0.25, -0.2) is 27.6 Å². The molecule has 2 saturated carbocycles. The van der Waals surface area contributed by atoms with Gasteiger partial charge >= 0.3 is 6.09 Å². The van der Waals surface area contributed by atoms with Crippen LogP contribution in [0.4, 0.5) is 9.18 Å². The fourth-order valence-electron chi connectivity index (χ4n) is 7.31. The average molecular weight is 743 g/mol. The first-order valence-corrected chi connectivity index (χ1v) is 19.3. The van der Waals surface area contributed by atoms with Gasteiger partial charge in [-0.1, -0.05) is 31.1 Å². The summed E-state index contributed by atoms with van der Waals surface area (Å²) in [5.74, 6) is -3.22. The second-order valence-corrected chi connectivity index (χ2v) is 18.0. The Hall–Kier alpha value is -4.34. The van der Waals surface area contributed by atoms with Gasteiger partial charge in [0.15, 0.2) is 5.82 Å². The van der Waals surface area contributed by atoms with Gasteiger partial charge in [0.25, 0.3) is 5.91 Å². The fourth-order valence-corrected chi connectivity index (χ4v) is 8.62. The van der Waals surface area contributed by atoms with Crippen LogP contribution in [0, 0.1) is 18.7 Å². The van der Waals surface area contributed by atoms with Crippen LogP contribution in [-0.4, -0.2) is 97.7 Å². The molecular weight excluding hydrogens is 695 g/mol. The lowest BCUT2D eigenvalue weighted by molar-refractivity contribution is -0.144. The van der Waals surface area contributed by atoms with Crippen LogP contribution >= 0.6 is 0 Å². The molecule has 2 aliphatic carbocycles. The summed E-state index contributed by atoms with van der Waals surface area (Å²) in [6, 6.07) is 2.01. The van der Waals surface area contributed by atoms with Gasteiger partial charge in [-0.2, -0.15) is 0 Å². The number of benzene rings is 1. The monoisotopic (exact) mass is 742 g/mol. The zero-order chi connectivity index (χ0) is 37.8. The maximum atomic E-state index is 14.7. The van der Waals surface area contributed by atoms with Crippen molar-refractivity contribution in [2.75, 3.05) is 6.54 Å². The minimum atomic E-state index is -4.02. The van der Waals surface area contributed by atoms with Crippen LogP contribution in [0.1, 0.15) is 91.2 Å². The maximum Gasteiger partial charge on any atom is 0.408 e. The highest BCUT2D eigenvalue weighted by molar-refractivity contribution is 7.91. The number of carbonyl (C=O) groups excluding carboxylic acids is 3. The predicted octanol–water partition coefficient (Wildman–Crippen LogP) is 3.97. The molecule has 5 atom stereocenters. The maximum absolute atomic E-state index is 14.7. The number of sulfonamides is 1. The van der Waals surface area contributed by atoms with Crippen molar-refractivity contribution in [3.8, 4) is 5.88 Å². The molecule has 4 amide bonds. The lowest BCUT2D eigenvalue weighted by Gasteiger charge is -2.41. The number of amides is 4. The van der Waals surface area contributed by atoms with Gasteiger partial charge in [0.1, 0.15) is 34.9 Å². The normalized spacial score (nSPS) is 27.8. The highest BCUT2D eigenvalue weighted by Crippen LogP contribution is 2.47. The smallest absolute Gasteiger partial charge is 0.408 e. The molecule has 1 saturated heterocycles. The van der Waals surface area contributed by atoms with E-state index in [1.807, 2.05) is 12.2 Å². The van der Waals surface area contributed by atoms with E-state index in [2.05, 4.69) is 20.0 Å². The van der Waals surface area contributed by atoms with Crippen LogP contribution in [0.15, 0.2) is 30.4 Å².